The lowest BCUT2D eigenvalue weighted by molar-refractivity contribution is -0.143. The van der Waals surface area contributed by atoms with Gasteiger partial charge in [-0.25, -0.2) is 9.59 Å². The van der Waals surface area contributed by atoms with Gasteiger partial charge in [0.15, 0.2) is 6.10 Å². The molecule has 2 N–H and O–H groups in total. The third-order valence-electron chi connectivity index (χ3n) is 4.85. The number of carboxylic acids is 1. The van der Waals surface area contributed by atoms with Gasteiger partial charge in [0.2, 0.25) is 0 Å². The molecule has 0 spiro atoms. The number of fused-ring (bicyclic) bond motifs is 1. The second-order valence-electron chi connectivity index (χ2n) is 7.21. The van der Waals surface area contributed by atoms with Gasteiger partial charge in [-0.1, -0.05) is 33.1 Å². The number of nitrogens with one attached hydrogen (secondary N) is 1. The van der Waals surface area contributed by atoms with E-state index in [4.69, 9.17) is 9.15 Å². The molecule has 0 fully saturated rings. The number of carbonyl (C=O) groups excluding carboxylic acids is 1. The maximum Gasteiger partial charge on any atom is 0.336 e. The SMILES string of the molecule is CCCC[C@@H](NC(=O)[C@@H](C)Oc1ccc2c(CCC)cc(=O)oc2c1C)C(=O)O. The van der Waals surface area contributed by atoms with E-state index in [-0.39, 0.29) is 0 Å². The first-order valence-corrected chi connectivity index (χ1v) is 10.0. The topological polar surface area (TPSA) is 106 Å². The van der Waals surface area contributed by atoms with Crippen LogP contribution >= 0.6 is 0 Å². The fourth-order valence-electron chi connectivity index (χ4n) is 3.21. The second-order valence-corrected chi connectivity index (χ2v) is 7.21. The molecule has 1 heterocycles. The van der Waals surface area contributed by atoms with Gasteiger partial charge < -0.3 is 19.6 Å². The highest BCUT2D eigenvalue weighted by atomic mass is 16.5. The molecule has 158 valence electrons. The molecule has 0 aliphatic carbocycles. The number of rotatable bonds is 10. The Morgan fingerprint density at radius 2 is 1.97 bits per heavy atom. The first-order valence-electron chi connectivity index (χ1n) is 10.0. The molecular weight excluding hydrogens is 374 g/mol. The Morgan fingerprint density at radius 1 is 1.24 bits per heavy atom. The quantitative estimate of drug-likeness (QED) is 0.588. The van der Waals surface area contributed by atoms with Crippen molar-refractivity contribution in [3.8, 4) is 5.75 Å². The van der Waals surface area contributed by atoms with E-state index in [1.54, 1.807) is 19.9 Å². The number of unbranched alkanes of at least 4 members (excludes halogenated alkanes) is 1. The van der Waals surface area contributed by atoms with Crippen molar-refractivity contribution in [3.63, 3.8) is 0 Å². The summed E-state index contributed by atoms with van der Waals surface area (Å²) in [5.74, 6) is -1.15. The van der Waals surface area contributed by atoms with Crippen molar-refractivity contribution in [1.29, 1.82) is 0 Å². The summed E-state index contributed by atoms with van der Waals surface area (Å²) in [7, 11) is 0. The zero-order chi connectivity index (χ0) is 21.6. The molecule has 29 heavy (non-hydrogen) atoms. The molecule has 1 amide bonds. The summed E-state index contributed by atoms with van der Waals surface area (Å²) in [5, 5.41) is 12.7. The second kappa shape index (κ2) is 10.1. The van der Waals surface area contributed by atoms with Crippen LogP contribution in [0.1, 0.15) is 57.6 Å². The van der Waals surface area contributed by atoms with Crippen molar-refractivity contribution in [3.05, 3.63) is 39.7 Å². The van der Waals surface area contributed by atoms with Crippen molar-refractivity contribution in [2.75, 3.05) is 0 Å². The van der Waals surface area contributed by atoms with E-state index in [1.807, 2.05) is 19.9 Å². The number of carbonyl (C=O) groups is 2. The molecule has 0 aliphatic rings. The zero-order valence-electron chi connectivity index (χ0n) is 17.4. The summed E-state index contributed by atoms with van der Waals surface area (Å²) < 4.78 is 11.2. The minimum Gasteiger partial charge on any atom is -0.480 e. The Hall–Kier alpha value is -2.83. The van der Waals surface area contributed by atoms with Crippen molar-refractivity contribution >= 4 is 22.8 Å². The number of aryl methyl sites for hydroxylation is 2. The van der Waals surface area contributed by atoms with E-state index in [1.165, 1.54) is 6.07 Å². The molecular formula is C22H29NO6. The van der Waals surface area contributed by atoms with Crippen LogP contribution in [0.4, 0.5) is 0 Å². The average Bonchev–Trinajstić information content (AvgIpc) is 2.67. The molecule has 7 heteroatoms. The van der Waals surface area contributed by atoms with Crippen LogP contribution in [0.25, 0.3) is 11.0 Å². The standard InChI is InChI=1S/C22H29NO6/c1-5-7-9-17(22(26)27)23-21(25)14(4)28-18-11-10-16-15(8-6-2)12-19(24)29-20(16)13(18)3/h10-12,14,17H,5-9H2,1-4H3,(H,23,25)(H,26,27)/t14-,17-/m1/s1. The highest BCUT2D eigenvalue weighted by Gasteiger charge is 2.24. The average molecular weight is 403 g/mol. The van der Waals surface area contributed by atoms with Crippen LogP contribution in [-0.4, -0.2) is 29.1 Å². The van der Waals surface area contributed by atoms with Gasteiger partial charge in [-0.3, -0.25) is 4.79 Å². The molecule has 2 rings (SSSR count). The van der Waals surface area contributed by atoms with E-state index >= 15 is 0 Å². The van der Waals surface area contributed by atoms with Gasteiger partial charge in [0.1, 0.15) is 17.4 Å². The predicted molar refractivity (Wildman–Crippen MR) is 110 cm³/mol. The van der Waals surface area contributed by atoms with Gasteiger partial charge in [0.05, 0.1) is 0 Å². The van der Waals surface area contributed by atoms with E-state index in [0.717, 1.165) is 30.2 Å². The van der Waals surface area contributed by atoms with Gasteiger partial charge in [0.25, 0.3) is 5.91 Å². The Balaban J connectivity index is 2.22. The Kier molecular flexibility index (Phi) is 7.82. The molecule has 0 saturated carbocycles. The highest BCUT2D eigenvalue weighted by molar-refractivity contribution is 5.87. The lowest BCUT2D eigenvalue weighted by Gasteiger charge is -2.20. The van der Waals surface area contributed by atoms with Gasteiger partial charge in [0, 0.05) is 17.0 Å². The molecule has 0 unspecified atom stereocenters. The lowest BCUT2D eigenvalue weighted by atomic mass is 10.0. The maximum absolute atomic E-state index is 12.4. The van der Waals surface area contributed by atoms with Crippen LogP contribution in [0.2, 0.25) is 0 Å². The van der Waals surface area contributed by atoms with E-state index in [9.17, 15) is 19.5 Å². The van der Waals surface area contributed by atoms with Crippen LogP contribution in [0.5, 0.6) is 5.75 Å². The third-order valence-corrected chi connectivity index (χ3v) is 4.85. The summed E-state index contributed by atoms with van der Waals surface area (Å²) in [6, 6.07) is 4.12. The first-order chi connectivity index (χ1) is 13.8. The van der Waals surface area contributed by atoms with Gasteiger partial charge >= 0.3 is 11.6 Å². The van der Waals surface area contributed by atoms with Gasteiger partial charge in [-0.05, 0) is 44.4 Å². The summed E-state index contributed by atoms with van der Waals surface area (Å²) in [6.07, 6.45) is 2.66. The third kappa shape index (κ3) is 5.59. The summed E-state index contributed by atoms with van der Waals surface area (Å²) in [5.41, 5.74) is 1.56. The van der Waals surface area contributed by atoms with Crippen LogP contribution in [0.15, 0.2) is 27.4 Å². The van der Waals surface area contributed by atoms with E-state index in [2.05, 4.69) is 5.32 Å². The Labute approximate surface area is 170 Å². The Bertz CT molecular complexity index is 933. The van der Waals surface area contributed by atoms with Crippen LogP contribution in [0, 0.1) is 6.92 Å². The van der Waals surface area contributed by atoms with Crippen molar-refractivity contribution in [2.45, 2.75) is 71.9 Å². The monoisotopic (exact) mass is 403 g/mol. The van der Waals surface area contributed by atoms with Crippen molar-refractivity contribution in [2.24, 2.45) is 0 Å². The molecule has 0 bridgehead atoms. The molecule has 0 aliphatic heterocycles. The van der Waals surface area contributed by atoms with Gasteiger partial charge in [-0.15, -0.1) is 0 Å². The van der Waals surface area contributed by atoms with Crippen LogP contribution < -0.4 is 15.7 Å². The summed E-state index contributed by atoms with van der Waals surface area (Å²) in [4.78, 5) is 35.7. The number of benzene rings is 1. The minimum atomic E-state index is -1.06. The summed E-state index contributed by atoms with van der Waals surface area (Å²) >= 11 is 0. The fourth-order valence-corrected chi connectivity index (χ4v) is 3.21. The molecule has 2 atom stereocenters. The zero-order valence-corrected chi connectivity index (χ0v) is 17.4. The number of hydrogen-bond donors (Lipinski definition) is 2. The van der Waals surface area contributed by atoms with E-state index < -0.39 is 29.6 Å². The van der Waals surface area contributed by atoms with Gasteiger partial charge in [-0.2, -0.15) is 0 Å². The minimum absolute atomic E-state index is 0.366. The number of hydrogen-bond acceptors (Lipinski definition) is 5. The number of amides is 1. The first kappa shape index (κ1) is 22.5. The van der Waals surface area contributed by atoms with Crippen molar-refractivity contribution < 1.29 is 23.8 Å². The van der Waals surface area contributed by atoms with E-state index in [0.29, 0.717) is 29.7 Å². The van der Waals surface area contributed by atoms with Crippen molar-refractivity contribution in [1.82, 2.24) is 5.32 Å². The molecule has 2 aromatic rings. The molecule has 0 saturated heterocycles. The smallest absolute Gasteiger partial charge is 0.336 e. The largest absolute Gasteiger partial charge is 0.480 e. The number of aliphatic carboxylic acids is 1. The summed E-state index contributed by atoms with van der Waals surface area (Å²) in [6.45, 7) is 7.32. The van der Waals surface area contributed by atoms with Crippen LogP contribution in [0.3, 0.4) is 0 Å². The normalized spacial score (nSPS) is 13.1. The fraction of sp³-hybridized carbons (Fsp3) is 0.500. The predicted octanol–water partition coefficient (Wildman–Crippen LogP) is 3.58. The van der Waals surface area contributed by atoms with Crippen LogP contribution in [-0.2, 0) is 16.0 Å². The number of ether oxygens (including phenoxy) is 1. The number of carboxylic acid groups (broad SMARTS) is 1. The lowest BCUT2D eigenvalue weighted by Crippen LogP contribution is -2.46. The highest BCUT2D eigenvalue weighted by Crippen LogP contribution is 2.29. The molecule has 7 nitrogen and oxygen atoms in total. The maximum atomic E-state index is 12.4. The Morgan fingerprint density at radius 3 is 2.59 bits per heavy atom. The molecule has 1 aromatic heterocycles. The molecule has 1 aromatic carbocycles. The molecule has 0 radical (unpaired) electrons.